The van der Waals surface area contributed by atoms with Gasteiger partial charge in [0.2, 0.25) is 0 Å². The summed E-state index contributed by atoms with van der Waals surface area (Å²) in [4.78, 5) is 11.4. The highest BCUT2D eigenvalue weighted by atomic mass is 16.4. The van der Waals surface area contributed by atoms with E-state index in [1.165, 1.54) is 18.4 Å². The number of nitrogens with one attached hydrogen (secondary N) is 1. The number of carbonyl (C=O) groups is 1. The average molecular weight is 295 g/mol. The van der Waals surface area contributed by atoms with Crippen molar-refractivity contribution in [3.63, 3.8) is 0 Å². The summed E-state index contributed by atoms with van der Waals surface area (Å²) in [6, 6.07) is 17.7. The van der Waals surface area contributed by atoms with Crippen molar-refractivity contribution in [2.45, 2.75) is 37.8 Å². The third-order valence-corrected chi connectivity index (χ3v) is 4.16. The zero-order valence-electron chi connectivity index (χ0n) is 12.5. The predicted molar refractivity (Wildman–Crippen MR) is 86.8 cm³/mol. The van der Waals surface area contributed by atoms with Gasteiger partial charge >= 0.3 is 5.97 Å². The first-order valence-electron chi connectivity index (χ1n) is 7.81. The third-order valence-electron chi connectivity index (χ3n) is 4.16. The molecule has 3 nitrogen and oxygen atoms in total. The molecule has 1 fully saturated rings. The molecule has 2 aromatic carbocycles. The van der Waals surface area contributed by atoms with Crippen LogP contribution in [0.4, 0.5) is 0 Å². The van der Waals surface area contributed by atoms with Crippen molar-refractivity contribution < 1.29 is 9.90 Å². The van der Waals surface area contributed by atoms with Crippen LogP contribution in [0.15, 0.2) is 54.6 Å². The fourth-order valence-corrected chi connectivity index (χ4v) is 2.66. The highest BCUT2D eigenvalue weighted by molar-refractivity contribution is 5.73. The number of hydrogen-bond donors (Lipinski definition) is 2. The second-order valence-corrected chi connectivity index (χ2v) is 5.98. The minimum Gasteiger partial charge on any atom is -0.480 e. The first-order chi connectivity index (χ1) is 10.7. The zero-order chi connectivity index (χ0) is 15.4. The maximum Gasteiger partial charge on any atom is 0.321 e. The summed E-state index contributed by atoms with van der Waals surface area (Å²) in [5.74, 6) is -0.0506. The number of rotatable bonds is 7. The normalized spacial score (nSPS) is 15.5. The Morgan fingerprint density at radius 1 is 1.05 bits per heavy atom. The van der Waals surface area contributed by atoms with E-state index in [0.29, 0.717) is 13.0 Å². The zero-order valence-corrected chi connectivity index (χ0v) is 12.5. The van der Waals surface area contributed by atoms with E-state index < -0.39 is 12.0 Å². The van der Waals surface area contributed by atoms with Gasteiger partial charge in [-0.3, -0.25) is 4.79 Å². The predicted octanol–water partition coefficient (Wildman–Crippen LogP) is 3.35. The van der Waals surface area contributed by atoms with Gasteiger partial charge in [0.1, 0.15) is 6.04 Å². The molecule has 3 heteroatoms. The lowest BCUT2D eigenvalue weighted by atomic mass is 10.0. The first kappa shape index (κ1) is 14.8. The van der Waals surface area contributed by atoms with Crippen LogP contribution in [0.5, 0.6) is 0 Å². The van der Waals surface area contributed by atoms with Gasteiger partial charge in [0.15, 0.2) is 0 Å². The fraction of sp³-hybridized carbons (Fsp3) is 0.316. The van der Waals surface area contributed by atoms with Crippen LogP contribution in [0, 0.1) is 0 Å². The molecule has 0 bridgehead atoms. The van der Waals surface area contributed by atoms with Gasteiger partial charge in [-0.15, -0.1) is 0 Å². The molecule has 0 saturated heterocycles. The number of carboxylic acid groups (broad SMARTS) is 1. The fourth-order valence-electron chi connectivity index (χ4n) is 2.66. The summed E-state index contributed by atoms with van der Waals surface area (Å²) < 4.78 is 0. The monoisotopic (exact) mass is 295 g/mol. The van der Waals surface area contributed by atoms with Crippen LogP contribution in [-0.4, -0.2) is 17.1 Å². The van der Waals surface area contributed by atoms with E-state index in [-0.39, 0.29) is 0 Å². The van der Waals surface area contributed by atoms with Gasteiger partial charge in [0.05, 0.1) is 0 Å². The molecule has 2 aromatic rings. The first-order valence-corrected chi connectivity index (χ1v) is 7.81. The van der Waals surface area contributed by atoms with E-state index in [4.69, 9.17) is 0 Å². The second kappa shape index (κ2) is 6.75. The lowest BCUT2D eigenvalue weighted by Gasteiger charge is -2.15. The highest BCUT2D eigenvalue weighted by Crippen LogP contribution is 2.39. The number of carboxylic acids is 1. The van der Waals surface area contributed by atoms with Crippen LogP contribution in [0.3, 0.4) is 0 Å². The Bertz CT molecular complexity index is 618. The van der Waals surface area contributed by atoms with E-state index in [1.807, 2.05) is 30.3 Å². The Hall–Kier alpha value is -2.13. The molecular weight excluding hydrogens is 274 g/mol. The van der Waals surface area contributed by atoms with Crippen LogP contribution in [0.25, 0.3) is 0 Å². The van der Waals surface area contributed by atoms with Gasteiger partial charge in [0.25, 0.3) is 0 Å². The molecule has 114 valence electrons. The van der Waals surface area contributed by atoms with Gasteiger partial charge in [-0.05, 0) is 41.9 Å². The Morgan fingerprint density at radius 2 is 1.73 bits per heavy atom. The van der Waals surface area contributed by atoms with Crippen molar-refractivity contribution >= 4 is 5.97 Å². The molecule has 0 aliphatic heterocycles. The molecule has 0 radical (unpaired) electrons. The molecule has 3 rings (SSSR count). The maximum absolute atomic E-state index is 11.4. The van der Waals surface area contributed by atoms with Gasteiger partial charge < -0.3 is 10.4 Å². The Balaban J connectivity index is 1.57. The molecular formula is C19H21NO2. The number of aliphatic carboxylic acids is 1. The summed E-state index contributed by atoms with van der Waals surface area (Å²) in [5.41, 5.74) is 3.57. The highest BCUT2D eigenvalue weighted by Gasteiger charge is 2.23. The average Bonchev–Trinajstić information content (AvgIpc) is 3.37. The largest absolute Gasteiger partial charge is 0.480 e. The van der Waals surface area contributed by atoms with E-state index in [0.717, 1.165) is 17.0 Å². The maximum atomic E-state index is 11.4. The van der Waals surface area contributed by atoms with E-state index in [2.05, 4.69) is 29.6 Å². The Kier molecular flexibility index (Phi) is 4.54. The van der Waals surface area contributed by atoms with Crippen molar-refractivity contribution in [3.05, 3.63) is 71.3 Å². The van der Waals surface area contributed by atoms with Crippen molar-refractivity contribution in [1.29, 1.82) is 0 Å². The summed E-state index contributed by atoms with van der Waals surface area (Å²) >= 11 is 0. The molecule has 1 aliphatic rings. The van der Waals surface area contributed by atoms with Crippen molar-refractivity contribution in [1.82, 2.24) is 5.32 Å². The van der Waals surface area contributed by atoms with Gasteiger partial charge in [-0.2, -0.15) is 0 Å². The number of hydrogen-bond acceptors (Lipinski definition) is 2. The van der Waals surface area contributed by atoms with Crippen molar-refractivity contribution in [3.8, 4) is 0 Å². The second-order valence-electron chi connectivity index (χ2n) is 5.98. The smallest absolute Gasteiger partial charge is 0.321 e. The summed E-state index contributed by atoms with van der Waals surface area (Å²) in [7, 11) is 0. The molecule has 1 atom stereocenters. The van der Waals surface area contributed by atoms with Gasteiger partial charge in [0, 0.05) is 6.54 Å². The topological polar surface area (TPSA) is 49.3 Å². The molecule has 0 amide bonds. The summed E-state index contributed by atoms with van der Waals surface area (Å²) in [5, 5.41) is 12.5. The lowest BCUT2D eigenvalue weighted by molar-refractivity contribution is -0.139. The Morgan fingerprint density at radius 3 is 2.32 bits per heavy atom. The van der Waals surface area contributed by atoms with Crippen LogP contribution in [-0.2, 0) is 17.8 Å². The van der Waals surface area contributed by atoms with Crippen molar-refractivity contribution in [2.75, 3.05) is 0 Å². The molecule has 22 heavy (non-hydrogen) atoms. The molecule has 1 saturated carbocycles. The summed E-state index contributed by atoms with van der Waals surface area (Å²) in [6.45, 7) is 0.578. The van der Waals surface area contributed by atoms with E-state index >= 15 is 0 Å². The lowest BCUT2D eigenvalue weighted by Crippen LogP contribution is -2.38. The standard InChI is InChI=1S/C19H21NO2/c21-19(22)18(12-14-4-2-1-3-5-14)20-13-15-6-8-16(9-7-15)17-10-11-17/h1-9,17-18,20H,10-13H2,(H,21,22)/t18-/m1/s1. The molecule has 0 heterocycles. The summed E-state index contributed by atoms with van der Waals surface area (Å²) in [6.07, 6.45) is 3.10. The van der Waals surface area contributed by atoms with Crippen LogP contribution in [0.1, 0.15) is 35.4 Å². The molecule has 0 unspecified atom stereocenters. The minimum atomic E-state index is -0.807. The molecule has 2 N–H and O–H groups in total. The minimum absolute atomic E-state index is 0.496. The van der Waals surface area contributed by atoms with Gasteiger partial charge in [-0.25, -0.2) is 0 Å². The SMILES string of the molecule is O=C(O)[C@@H](Cc1ccccc1)NCc1ccc(C2CC2)cc1. The Labute approximate surface area is 131 Å². The van der Waals surface area contributed by atoms with E-state index in [9.17, 15) is 9.90 Å². The van der Waals surface area contributed by atoms with Crippen LogP contribution in [0.2, 0.25) is 0 Å². The molecule has 0 spiro atoms. The van der Waals surface area contributed by atoms with Gasteiger partial charge in [-0.1, -0.05) is 54.6 Å². The quantitative estimate of drug-likeness (QED) is 0.823. The molecule has 0 aromatic heterocycles. The third kappa shape index (κ3) is 3.95. The van der Waals surface area contributed by atoms with Crippen LogP contribution >= 0.6 is 0 Å². The van der Waals surface area contributed by atoms with E-state index in [1.54, 1.807) is 0 Å². The van der Waals surface area contributed by atoms with Crippen LogP contribution < -0.4 is 5.32 Å². The number of benzene rings is 2. The molecule has 1 aliphatic carbocycles. The van der Waals surface area contributed by atoms with Crippen molar-refractivity contribution in [2.24, 2.45) is 0 Å².